The van der Waals surface area contributed by atoms with E-state index in [2.05, 4.69) is 31.3 Å². The van der Waals surface area contributed by atoms with Crippen molar-refractivity contribution in [2.24, 2.45) is 5.41 Å². The van der Waals surface area contributed by atoms with Gasteiger partial charge in [-0.15, -0.1) is 0 Å². The Kier molecular flexibility index (Phi) is 1.19. The van der Waals surface area contributed by atoms with E-state index >= 15 is 0 Å². The smallest absolute Gasteiger partial charge is 0.0267 e. The fourth-order valence-corrected chi connectivity index (χ4v) is 1.94. The van der Waals surface area contributed by atoms with Gasteiger partial charge in [-0.05, 0) is 18.3 Å². The van der Waals surface area contributed by atoms with Gasteiger partial charge in [-0.1, -0.05) is 26.0 Å². The topological polar surface area (TPSA) is 12.0 Å². The highest BCUT2D eigenvalue weighted by Crippen LogP contribution is 2.33. The van der Waals surface area contributed by atoms with E-state index in [9.17, 15) is 0 Å². The largest absolute Gasteiger partial charge is 0.308 e. The van der Waals surface area contributed by atoms with Gasteiger partial charge in [0.2, 0.25) is 0 Å². The van der Waals surface area contributed by atoms with Crippen LogP contribution in [0.25, 0.3) is 0 Å². The lowest BCUT2D eigenvalue weighted by Crippen LogP contribution is -2.50. The van der Waals surface area contributed by atoms with E-state index in [1.165, 1.54) is 12.8 Å². The van der Waals surface area contributed by atoms with Crippen LogP contribution in [0.2, 0.25) is 0 Å². The van der Waals surface area contributed by atoms with Crippen molar-refractivity contribution in [3.63, 3.8) is 0 Å². The van der Waals surface area contributed by atoms with Crippen molar-refractivity contribution in [2.75, 3.05) is 0 Å². The summed E-state index contributed by atoms with van der Waals surface area (Å²) in [6, 6.07) is 1.50. The lowest BCUT2D eigenvalue weighted by molar-refractivity contribution is 0.254. The maximum absolute atomic E-state index is 3.51. The highest BCUT2D eigenvalue weighted by Gasteiger charge is 2.33. The van der Waals surface area contributed by atoms with Crippen molar-refractivity contribution in [2.45, 2.75) is 38.8 Å². The Morgan fingerprint density at radius 1 is 1.50 bits per heavy atom. The van der Waals surface area contributed by atoms with E-state index in [1.54, 1.807) is 0 Å². The molecular formula is C9H15N. The van der Waals surface area contributed by atoms with Gasteiger partial charge in [-0.2, -0.15) is 0 Å². The molecule has 56 valence electrons. The van der Waals surface area contributed by atoms with Crippen molar-refractivity contribution in [3.8, 4) is 0 Å². The Bertz CT molecular complexity index is 164. The Balaban J connectivity index is 2.16. The second-order valence-electron chi connectivity index (χ2n) is 4.26. The average molecular weight is 137 g/mol. The molecule has 1 N–H and O–H groups in total. The Morgan fingerprint density at radius 3 is 2.90 bits per heavy atom. The van der Waals surface area contributed by atoms with Gasteiger partial charge in [0.05, 0.1) is 0 Å². The minimum Gasteiger partial charge on any atom is -0.308 e. The molecule has 3 aliphatic rings. The molecule has 2 unspecified atom stereocenters. The molecule has 10 heavy (non-hydrogen) atoms. The molecule has 2 bridgehead atoms. The average Bonchev–Trinajstić information content (AvgIpc) is 1.91. The minimum absolute atomic E-state index is 0.433. The zero-order valence-corrected chi connectivity index (χ0v) is 6.72. The van der Waals surface area contributed by atoms with E-state index in [0.717, 1.165) is 6.04 Å². The third kappa shape index (κ3) is 0.988. The van der Waals surface area contributed by atoms with Crippen LogP contribution >= 0.6 is 0 Å². The van der Waals surface area contributed by atoms with Crippen molar-refractivity contribution in [1.29, 1.82) is 0 Å². The predicted octanol–water partition coefficient (Wildman–Crippen LogP) is 1.70. The molecule has 0 aromatic rings. The van der Waals surface area contributed by atoms with Crippen LogP contribution in [0.4, 0.5) is 0 Å². The normalized spacial score (nSPS) is 42.2. The van der Waals surface area contributed by atoms with Gasteiger partial charge in [0.25, 0.3) is 0 Å². The summed E-state index contributed by atoms with van der Waals surface area (Å²) >= 11 is 0. The maximum atomic E-state index is 3.51. The van der Waals surface area contributed by atoms with Crippen LogP contribution in [-0.2, 0) is 0 Å². The van der Waals surface area contributed by atoms with E-state index in [0.29, 0.717) is 11.5 Å². The molecule has 1 nitrogen and oxygen atoms in total. The highest BCUT2D eigenvalue weighted by atomic mass is 15.0. The molecule has 3 rings (SSSR count). The molecule has 1 saturated heterocycles. The number of nitrogens with one attached hydrogen (secondary N) is 1. The van der Waals surface area contributed by atoms with Crippen molar-refractivity contribution in [1.82, 2.24) is 5.32 Å². The molecule has 1 aliphatic carbocycles. The number of rotatable bonds is 0. The lowest BCUT2D eigenvalue weighted by Gasteiger charge is -2.35. The summed E-state index contributed by atoms with van der Waals surface area (Å²) in [4.78, 5) is 0. The summed E-state index contributed by atoms with van der Waals surface area (Å²) in [6.07, 6.45) is 7.35. The first-order valence-corrected chi connectivity index (χ1v) is 4.11. The lowest BCUT2D eigenvalue weighted by atomic mass is 9.85. The van der Waals surface area contributed by atoms with Crippen molar-refractivity contribution in [3.05, 3.63) is 12.2 Å². The third-order valence-corrected chi connectivity index (χ3v) is 2.54. The first-order chi connectivity index (χ1) is 4.66. The van der Waals surface area contributed by atoms with Crippen LogP contribution in [0, 0.1) is 5.41 Å². The first-order valence-electron chi connectivity index (χ1n) is 4.11. The Hall–Kier alpha value is -0.300. The second-order valence-corrected chi connectivity index (χ2v) is 4.26. The minimum atomic E-state index is 0.433. The third-order valence-electron chi connectivity index (χ3n) is 2.54. The van der Waals surface area contributed by atoms with Crippen molar-refractivity contribution >= 4 is 0 Å². The molecule has 2 heterocycles. The fraction of sp³-hybridized carbons (Fsp3) is 0.778. The number of allylic oxidation sites excluding steroid dienone is 1. The van der Waals surface area contributed by atoms with Gasteiger partial charge in [0.1, 0.15) is 0 Å². The van der Waals surface area contributed by atoms with Gasteiger partial charge >= 0.3 is 0 Å². The molecule has 1 fully saturated rings. The van der Waals surface area contributed by atoms with Crippen LogP contribution in [0.5, 0.6) is 0 Å². The van der Waals surface area contributed by atoms with Gasteiger partial charge in [-0.25, -0.2) is 0 Å². The molecule has 0 aromatic carbocycles. The van der Waals surface area contributed by atoms with Gasteiger partial charge in [-0.3, -0.25) is 0 Å². The van der Waals surface area contributed by atoms with Crippen LogP contribution in [-0.4, -0.2) is 12.1 Å². The quantitative estimate of drug-likeness (QED) is 0.501. The summed E-state index contributed by atoms with van der Waals surface area (Å²) in [5.74, 6) is 0. The number of hydrogen-bond acceptors (Lipinski definition) is 1. The fourth-order valence-electron chi connectivity index (χ4n) is 1.94. The molecule has 2 atom stereocenters. The summed E-state index contributed by atoms with van der Waals surface area (Å²) in [7, 11) is 0. The van der Waals surface area contributed by atoms with E-state index in [-0.39, 0.29) is 0 Å². The standard InChI is InChI=1S/C9H15N/c1-9(2)4-3-7-5-8(6-9)10-7/h3-4,7-8,10H,5-6H2,1-2H3. The van der Waals surface area contributed by atoms with Crippen LogP contribution in [0.15, 0.2) is 12.2 Å². The SMILES string of the molecule is CC1(C)C=CC2CC(C1)N2. The zero-order chi connectivity index (χ0) is 7.19. The van der Waals surface area contributed by atoms with Gasteiger partial charge in [0, 0.05) is 12.1 Å². The van der Waals surface area contributed by atoms with Crippen molar-refractivity contribution < 1.29 is 0 Å². The zero-order valence-electron chi connectivity index (χ0n) is 6.72. The second kappa shape index (κ2) is 1.85. The summed E-state index contributed by atoms with van der Waals surface area (Å²) in [5.41, 5.74) is 0.433. The summed E-state index contributed by atoms with van der Waals surface area (Å²) in [6.45, 7) is 4.62. The number of hydrogen-bond donors (Lipinski definition) is 1. The van der Waals surface area contributed by atoms with Gasteiger partial charge < -0.3 is 5.32 Å². The molecular weight excluding hydrogens is 122 g/mol. The molecule has 2 aliphatic heterocycles. The van der Waals surface area contributed by atoms with E-state index in [4.69, 9.17) is 0 Å². The van der Waals surface area contributed by atoms with Crippen LogP contribution in [0.3, 0.4) is 0 Å². The predicted molar refractivity (Wildman–Crippen MR) is 42.9 cm³/mol. The summed E-state index contributed by atoms with van der Waals surface area (Å²) < 4.78 is 0. The maximum Gasteiger partial charge on any atom is 0.0267 e. The molecule has 0 saturated carbocycles. The van der Waals surface area contributed by atoms with E-state index < -0.39 is 0 Å². The number of fused-ring (bicyclic) bond motifs is 2. The Labute approximate surface area is 62.5 Å². The molecule has 0 spiro atoms. The highest BCUT2D eigenvalue weighted by molar-refractivity contribution is 5.12. The van der Waals surface area contributed by atoms with E-state index in [1.807, 2.05) is 0 Å². The van der Waals surface area contributed by atoms with Crippen LogP contribution < -0.4 is 5.32 Å². The first kappa shape index (κ1) is 6.41. The Morgan fingerprint density at radius 2 is 2.20 bits per heavy atom. The monoisotopic (exact) mass is 137 g/mol. The molecule has 1 heteroatoms. The van der Waals surface area contributed by atoms with Gasteiger partial charge in [0.15, 0.2) is 0 Å². The molecule has 0 radical (unpaired) electrons. The van der Waals surface area contributed by atoms with Crippen LogP contribution in [0.1, 0.15) is 26.7 Å². The summed E-state index contributed by atoms with van der Waals surface area (Å²) in [5, 5.41) is 3.51. The molecule has 0 aromatic heterocycles. The molecule has 0 amide bonds.